The van der Waals surface area contributed by atoms with E-state index in [1.54, 1.807) is 0 Å². The van der Waals surface area contributed by atoms with Crippen LogP contribution in [0.15, 0.2) is 29.4 Å². The number of carbonyl (C=O) groups excluding carboxylic acids is 1. The molecule has 1 aliphatic carbocycles. The Morgan fingerprint density at radius 3 is 3.04 bits per heavy atom. The molecule has 25 heavy (non-hydrogen) atoms. The maximum atomic E-state index is 12.0. The van der Waals surface area contributed by atoms with E-state index in [-0.39, 0.29) is 5.91 Å². The van der Waals surface area contributed by atoms with Crippen LogP contribution >= 0.6 is 11.8 Å². The highest BCUT2D eigenvalue weighted by Crippen LogP contribution is 2.31. The van der Waals surface area contributed by atoms with Gasteiger partial charge in [-0.05, 0) is 47.9 Å². The van der Waals surface area contributed by atoms with Gasteiger partial charge in [-0.1, -0.05) is 36.7 Å². The highest BCUT2D eigenvalue weighted by atomic mass is 32.2. The predicted octanol–water partition coefficient (Wildman–Crippen LogP) is 2.38. The zero-order valence-electron chi connectivity index (χ0n) is 14.4. The van der Waals surface area contributed by atoms with Gasteiger partial charge in [0.05, 0.1) is 18.3 Å². The molecule has 2 aromatic rings. The number of aromatic nitrogens is 4. The van der Waals surface area contributed by atoms with Crippen molar-refractivity contribution in [3.63, 3.8) is 0 Å². The molecule has 1 aliphatic rings. The Hall–Kier alpha value is -2.09. The smallest absolute Gasteiger partial charge is 0.230 e. The first-order valence-electron chi connectivity index (χ1n) is 8.59. The van der Waals surface area contributed by atoms with E-state index >= 15 is 0 Å². The Labute approximate surface area is 151 Å². The van der Waals surface area contributed by atoms with Gasteiger partial charge >= 0.3 is 0 Å². The van der Waals surface area contributed by atoms with Crippen molar-refractivity contribution in [3.05, 3.63) is 29.8 Å². The van der Waals surface area contributed by atoms with Gasteiger partial charge in [-0.25, -0.2) is 4.68 Å². The Morgan fingerprint density at radius 1 is 1.40 bits per heavy atom. The Kier molecular flexibility index (Phi) is 6.27. The van der Waals surface area contributed by atoms with Gasteiger partial charge in [0.2, 0.25) is 11.1 Å². The van der Waals surface area contributed by atoms with Crippen LogP contribution < -0.4 is 10.1 Å². The lowest BCUT2D eigenvalue weighted by molar-refractivity contribution is -0.118. The van der Waals surface area contributed by atoms with Crippen molar-refractivity contribution in [2.75, 3.05) is 18.9 Å². The van der Waals surface area contributed by atoms with Crippen molar-refractivity contribution in [1.82, 2.24) is 25.5 Å². The van der Waals surface area contributed by atoms with E-state index in [2.05, 4.69) is 20.8 Å². The molecule has 134 valence electrons. The van der Waals surface area contributed by atoms with Gasteiger partial charge in [-0.3, -0.25) is 4.79 Å². The first-order chi connectivity index (χ1) is 12.2. The maximum absolute atomic E-state index is 12.0. The summed E-state index contributed by atoms with van der Waals surface area (Å²) in [5.74, 6) is 1.08. The van der Waals surface area contributed by atoms with Crippen molar-refractivity contribution in [2.24, 2.45) is 0 Å². The molecule has 0 radical (unpaired) electrons. The number of hydrogen-bond donors (Lipinski definition) is 1. The summed E-state index contributed by atoms with van der Waals surface area (Å²) in [5.41, 5.74) is 1.15. The fraction of sp³-hybridized carbons (Fsp3) is 0.529. The van der Waals surface area contributed by atoms with Gasteiger partial charge in [-0.2, -0.15) is 0 Å². The quantitative estimate of drug-likeness (QED) is 0.574. The molecule has 0 bridgehead atoms. The normalized spacial score (nSPS) is 14.6. The lowest BCUT2D eigenvalue weighted by Crippen LogP contribution is -2.29. The number of nitrogens with zero attached hydrogens (tertiary/aromatic N) is 4. The van der Waals surface area contributed by atoms with Crippen LogP contribution in [0, 0.1) is 6.92 Å². The van der Waals surface area contributed by atoms with Crippen LogP contribution in [0.4, 0.5) is 0 Å². The van der Waals surface area contributed by atoms with E-state index in [0.29, 0.717) is 24.9 Å². The van der Waals surface area contributed by atoms with Crippen molar-refractivity contribution < 1.29 is 9.53 Å². The summed E-state index contributed by atoms with van der Waals surface area (Å²) in [7, 11) is 0. The van der Waals surface area contributed by atoms with Gasteiger partial charge in [0.1, 0.15) is 12.4 Å². The average Bonchev–Trinajstić information content (AvgIpc) is 3.27. The molecule has 1 aromatic heterocycles. The molecule has 0 unspecified atom stereocenters. The molecule has 1 aromatic carbocycles. The third kappa shape index (κ3) is 5.19. The van der Waals surface area contributed by atoms with Crippen LogP contribution in [-0.2, 0) is 4.79 Å². The van der Waals surface area contributed by atoms with Gasteiger partial charge in [-0.15, -0.1) is 5.10 Å². The summed E-state index contributed by atoms with van der Waals surface area (Å²) in [6.45, 7) is 2.94. The minimum Gasteiger partial charge on any atom is -0.492 e. The lowest BCUT2D eigenvalue weighted by atomic mass is 10.2. The Bertz CT molecular complexity index is 700. The Morgan fingerprint density at radius 2 is 2.24 bits per heavy atom. The third-order valence-corrected chi connectivity index (χ3v) is 5.08. The molecule has 0 atom stereocenters. The number of aryl methyl sites for hydroxylation is 1. The van der Waals surface area contributed by atoms with Crippen molar-refractivity contribution in [1.29, 1.82) is 0 Å². The van der Waals surface area contributed by atoms with Crippen molar-refractivity contribution in [2.45, 2.75) is 43.8 Å². The number of tetrazole rings is 1. The van der Waals surface area contributed by atoms with Gasteiger partial charge in [0, 0.05) is 0 Å². The summed E-state index contributed by atoms with van der Waals surface area (Å²) >= 11 is 1.38. The molecule has 1 amide bonds. The topological polar surface area (TPSA) is 81.9 Å². The first kappa shape index (κ1) is 17.7. The molecule has 8 heteroatoms. The minimum absolute atomic E-state index is 0.0428. The molecule has 0 saturated heterocycles. The second kappa shape index (κ2) is 8.84. The fourth-order valence-electron chi connectivity index (χ4n) is 2.90. The minimum atomic E-state index is -0.0428. The van der Waals surface area contributed by atoms with E-state index in [1.807, 2.05) is 35.9 Å². The first-order valence-corrected chi connectivity index (χ1v) is 9.58. The number of ether oxygens (including phenoxy) is 1. The number of hydrogen-bond acceptors (Lipinski definition) is 6. The summed E-state index contributed by atoms with van der Waals surface area (Å²) in [4.78, 5) is 12.0. The second-order valence-corrected chi connectivity index (χ2v) is 7.09. The highest BCUT2D eigenvalue weighted by molar-refractivity contribution is 7.99. The number of nitrogens with one attached hydrogen (secondary N) is 1. The summed E-state index contributed by atoms with van der Waals surface area (Å²) in [6, 6.07) is 8.23. The maximum Gasteiger partial charge on any atom is 0.230 e. The van der Waals surface area contributed by atoms with Gasteiger partial charge < -0.3 is 10.1 Å². The van der Waals surface area contributed by atoms with Gasteiger partial charge in [0.25, 0.3) is 0 Å². The number of thioether (sulfide) groups is 1. The van der Waals surface area contributed by atoms with Crippen molar-refractivity contribution in [3.8, 4) is 5.75 Å². The number of benzene rings is 1. The third-order valence-electron chi connectivity index (χ3n) is 4.15. The van der Waals surface area contributed by atoms with Crippen LogP contribution in [0.25, 0.3) is 0 Å². The summed E-state index contributed by atoms with van der Waals surface area (Å²) in [6.07, 6.45) is 4.66. The van der Waals surface area contributed by atoms with E-state index in [0.717, 1.165) is 29.3 Å². The Balaban J connectivity index is 1.36. The molecule has 1 heterocycles. The summed E-state index contributed by atoms with van der Waals surface area (Å²) in [5, 5.41) is 15.4. The van der Waals surface area contributed by atoms with Crippen LogP contribution in [0.3, 0.4) is 0 Å². The standard InChI is InChI=1S/C17H23N5O2S/c1-13-5-4-8-15(11-13)24-10-9-18-16(23)12-25-17-19-20-21-22(17)14-6-2-3-7-14/h4-5,8,11,14H,2-3,6-7,9-10,12H2,1H3,(H,18,23). The fourth-order valence-corrected chi connectivity index (χ4v) is 3.68. The monoisotopic (exact) mass is 361 g/mol. The molecule has 1 saturated carbocycles. The van der Waals surface area contributed by atoms with E-state index in [4.69, 9.17) is 4.74 Å². The number of carbonyl (C=O) groups is 1. The summed E-state index contributed by atoms with van der Waals surface area (Å²) < 4.78 is 7.48. The van der Waals surface area contributed by atoms with E-state index in [9.17, 15) is 4.79 Å². The molecule has 1 fully saturated rings. The van der Waals surface area contributed by atoms with Crippen LogP contribution in [0.1, 0.15) is 37.3 Å². The molecule has 3 rings (SSSR count). The zero-order chi connectivity index (χ0) is 17.5. The average molecular weight is 361 g/mol. The van der Waals surface area contributed by atoms with Crippen LogP contribution in [0.2, 0.25) is 0 Å². The lowest BCUT2D eigenvalue weighted by Gasteiger charge is -2.11. The molecular formula is C17H23N5O2S. The predicted molar refractivity (Wildman–Crippen MR) is 95.7 cm³/mol. The highest BCUT2D eigenvalue weighted by Gasteiger charge is 2.21. The SMILES string of the molecule is Cc1cccc(OCCNC(=O)CSc2nnnn2C2CCCC2)c1. The molecular weight excluding hydrogens is 338 g/mol. The molecule has 7 nitrogen and oxygen atoms in total. The van der Waals surface area contributed by atoms with E-state index in [1.165, 1.54) is 24.6 Å². The van der Waals surface area contributed by atoms with Gasteiger partial charge in [0.15, 0.2) is 0 Å². The molecule has 0 spiro atoms. The van der Waals surface area contributed by atoms with Crippen LogP contribution in [-0.4, -0.2) is 45.0 Å². The molecule has 0 aliphatic heterocycles. The van der Waals surface area contributed by atoms with Crippen molar-refractivity contribution >= 4 is 17.7 Å². The zero-order valence-corrected chi connectivity index (χ0v) is 15.2. The molecule has 1 N–H and O–H groups in total. The van der Waals surface area contributed by atoms with Crippen LogP contribution in [0.5, 0.6) is 5.75 Å². The second-order valence-electron chi connectivity index (χ2n) is 6.15. The van der Waals surface area contributed by atoms with E-state index < -0.39 is 0 Å². The number of amides is 1. The largest absolute Gasteiger partial charge is 0.492 e. The number of rotatable bonds is 8.